The van der Waals surface area contributed by atoms with Crippen LogP contribution < -0.4 is 3.53 Å². The molecule has 0 bridgehead atoms. The lowest BCUT2D eigenvalue weighted by Crippen LogP contribution is -1.84. The second kappa shape index (κ2) is 2.95. The second-order valence-electron chi connectivity index (χ2n) is 1.46. The maximum absolute atomic E-state index is 12.1. The molecule has 0 aliphatic rings. The normalized spacial score (nSPS) is 9.11. The summed E-state index contributed by atoms with van der Waals surface area (Å²) in [6.07, 6.45) is 1.17. The highest BCUT2D eigenvalue weighted by atomic mass is 127. The topological polar surface area (TPSA) is 24.9 Å². The minimum absolute atomic E-state index is 0.314. The quantitative estimate of drug-likeness (QED) is 0.597. The van der Waals surface area contributed by atoms with Crippen molar-refractivity contribution in [2.24, 2.45) is 0 Å². The van der Waals surface area contributed by atoms with Crippen molar-refractivity contribution in [1.82, 2.24) is 4.98 Å². The molecule has 1 aromatic heterocycles. The summed E-state index contributed by atoms with van der Waals surface area (Å²) in [6, 6.07) is 2.93. The average molecular weight is 238 g/mol. The van der Waals surface area contributed by atoms with Gasteiger partial charge in [-0.1, -0.05) is 0 Å². The lowest BCUT2D eigenvalue weighted by Gasteiger charge is -1.92. The van der Waals surface area contributed by atoms with E-state index in [1.54, 1.807) is 6.07 Å². The maximum atomic E-state index is 12.1. The van der Waals surface area contributed by atoms with Gasteiger partial charge in [0.2, 0.25) is 0 Å². The molecule has 0 aliphatic heterocycles. The molecule has 0 amide bonds. The molecular weight excluding hydrogens is 234 g/mol. The monoisotopic (exact) mass is 238 g/mol. The molecule has 0 radical (unpaired) electrons. The van der Waals surface area contributed by atoms with E-state index in [0.717, 1.165) is 0 Å². The zero-order chi connectivity index (χ0) is 6.69. The molecule has 0 unspecified atom stereocenters. The Morgan fingerprint density at radius 1 is 1.56 bits per heavy atom. The Morgan fingerprint density at radius 3 is 2.78 bits per heavy atom. The van der Waals surface area contributed by atoms with E-state index in [4.69, 9.17) is 0 Å². The first-order valence-corrected chi connectivity index (χ1v) is 3.39. The molecule has 0 aliphatic carbocycles. The van der Waals surface area contributed by atoms with Crippen LogP contribution >= 0.6 is 22.9 Å². The first-order valence-electron chi connectivity index (χ1n) is 2.31. The Bertz CT molecular complexity index is 187. The van der Waals surface area contributed by atoms with Crippen LogP contribution in [0.3, 0.4) is 0 Å². The SMILES string of the molecule is Fc1ccc(NI)nc1. The van der Waals surface area contributed by atoms with Gasteiger partial charge in [0.1, 0.15) is 11.6 Å². The van der Waals surface area contributed by atoms with E-state index in [-0.39, 0.29) is 5.82 Å². The van der Waals surface area contributed by atoms with Gasteiger partial charge in [-0.15, -0.1) is 0 Å². The number of aromatic nitrogens is 1. The van der Waals surface area contributed by atoms with Gasteiger partial charge in [-0.05, 0) is 12.1 Å². The molecule has 1 N–H and O–H groups in total. The summed E-state index contributed by atoms with van der Waals surface area (Å²) in [4.78, 5) is 3.70. The zero-order valence-corrected chi connectivity index (χ0v) is 6.59. The lowest BCUT2D eigenvalue weighted by atomic mass is 10.5. The number of halogens is 2. The van der Waals surface area contributed by atoms with E-state index in [9.17, 15) is 4.39 Å². The fourth-order valence-electron chi connectivity index (χ4n) is 0.432. The number of hydrogen-bond donors (Lipinski definition) is 1. The Hall–Kier alpha value is -0.390. The number of hydrogen-bond acceptors (Lipinski definition) is 2. The zero-order valence-electron chi connectivity index (χ0n) is 4.44. The number of pyridine rings is 1. The van der Waals surface area contributed by atoms with Gasteiger partial charge in [-0.3, -0.25) is 0 Å². The van der Waals surface area contributed by atoms with Crippen LogP contribution in [-0.2, 0) is 0 Å². The van der Waals surface area contributed by atoms with Gasteiger partial charge >= 0.3 is 0 Å². The number of nitrogens with one attached hydrogen (secondary N) is 1. The highest BCUT2D eigenvalue weighted by Crippen LogP contribution is 2.04. The molecule has 4 heteroatoms. The van der Waals surface area contributed by atoms with Gasteiger partial charge in [0.05, 0.1) is 29.1 Å². The van der Waals surface area contributed by atoms with Crippen LogP contribution in [-0.4, -0.2) is 4.98 Å². The third-order valence-corrected chi connectivity index (χ3v) is 1.38. The van der Waals surface area contributed by atoms with Gasteiger partial charge in [0, 0.05) is 0 Å². The summed E-state index contributed by atoms with van der Waals surface area (Å²) in [6.45, 7) is 0. The first-order chi connectivity index (χ1) is 4.33. The predicted molar refractivity (Wildman–Crippen MR) is 41.8 cm³/mol. The van der Waals surface area contributed by atoms with E-state index in [2.05, 4.69) is 8.51 Å². The van der Waals surface area contributed by atoms with Crippen LogP contribution in [0.5, 0.6) is 0 Å². The standard InChI is InChI=1S/C5H4FIN2/c6-4-1-2-5(9-7)8-3-4/h1-3H,(H,8,9). The molecule has 0 saturated carbocycles. The van der Waals surface area contributed by atoms with Crippen molar-refractivity contribution < 1.29 is 4.39 Å². The van der Waals surface area contributed by atoms with Crippen LogP contribution in [0, 0.1) is 5.82 Å². The second-order valence-corrected chi connectivity index (χ2v) is 2.00. The van der Waals surface area contributed by atoms with Crippen molar-refractivity contribution >= 4 is 28.7 Å². The summed E-state index contributed by atoms with van der Waals surface area (Å²) in [7, 11) is 0. The van der Waals surface area contributed by atoms with E-state index in [0.29, 0.717) is 5.82 Å². The molecule has 0 aromatic carbocycles. The van der Waals surface area contributed by atoms with Gasteiger partial charge < -0.3 is 3.53 Å². The van der Waals surface area contributed by atoms with E-state index >= 15 is 0 Å². The molecule has 48 valence electrons. The fourth-order valence-corrected chi connectivity index (χ4v) is 0.751. The molecule has 0 fully saturated rings. The van der Waals surface area contributed by atoms with Crippen molar-refractivity contribution in [2.75, 3.05) is 3.53 Å². The van der Waals surface area contributed by atoms with Crippen molar-refractivity contribution in [1.29, 1.82) is 0 Å². The molecule has 2 nitrogen and oxygen atoms in total. The van der Waals surface area contributed by atoms with E-state index in [1.807, 2.05) is 22.9 Å². The summed E-state index contributed by atoms with van der Waals surface area (Å²) < 4.78 is 14.9. The smallest absolute Gasteiger partial charge is 0.141 e. The van der Waals surface area contributed by atoms with Crippen LogP contribution in [0.1, 0.15) is 0 Å². The molecule has 9 heavy (non-hydrogen) atoms. The fraction of sp³-hybridized carbons (Fsp3) is 0. The summed E-state index contributed by atoms with van der Waals surface area (Å²) in [5.41, 5.74) is 0. The van der Waals surface area contributed by atoms with Crippen molar-refractivity contribution in [3.63, 3.8) is 0 Å². The van der Waals surface area contributed by atoms with Crippen molar-refractivity contribution in [3.8, 4) is 0 Å². The van der Waals surface area contributed by atoms with Gasteiger partial charge in [0.15, 0.2) is 0 Å². The van der Waals surface area contributed by atoms with Crippen LogP contribution in [0.2, 0.25) is 0 Å². The molecular formula is C5H4FIN2. The lowest BCUT2D eigenvalue weighted by molar-refractivity contribution is 0.622. The summed E-state index contributed by atoms with van der Waals surface area (Å²) in [5.74, 6) is 0.349. The molecule has 0 spiro atoms. The average Bonchev–Trinajstić information content (AvgIpc) is 1.90. The Balaban J connectivity index is 2.88. The predicted octanol–water partition coefficient (Wildman–Crippen LogP) is 1.98. The minimum atomic E-state index is -0.314. The van der Waals surface area contributed by atoms with Gasteiger partial charge in [0.25, 0.3) is 0 Å². The van der Waals surface area contributed by atoms with Crippen LogP contribution in [0.25, 0.3) is 0 Å². The molecule has 1 aromatic rings. The molecule has 1 heterocycles. The number of nitrogens with zero attached hydrogens (tertiary/aromatic N) is 1. The summed E-state index contributed by atoms with van der Waals surface area (Å²) in [5, 5.41) is 0. The van der Waals surface area contributed by atoms with Crippen molar-refractivity contribution in [2.45, 2.75) is 0 Å². The largest absolute Gasteiger partial charge is 0.313 e. The highest BCUT2D eigenvalue weighted by molar-refractivity contribution is 14.1. The van der Waals surface area contributed by atoms with E-state index < -0.39 is 0 Å². The highest BCUT2D eigenvalue weighted by Gasteiger charge is 1.89. The van der Waals surface area contributed by atoms with Gasteiger partial charge in [-0.2, -0.15) is 0 Å². The first kappa shape index (κ1) is 6.73. The molecule has 0 atom stereocenters. The molecule has 0 saturated heterocycles. The number of rotatable bonds is 1. The van der Waals surface area contributed by atoms with Crippen LogP contribution in [0.15, 0.2) is 18.3 Å². The van der Waals surface area contributed by atoms with E-state index in [1.165, 1.54) is 12.3 Å². The Kier molecular flexibility index (Phi) is 2.21. The Morgan fingerprint density at radius 2 is 2.33 bits per heavy atom. The van der Waals surface area contributed by atoms with Crippen molar-refractivity contribution in [3.05, 3.63) is 24.1 Å². The maximum Gasteiger partial charge on any atom is 0.141 e. The van der Waals surface area contributed by atoms with Crippen LogP contribution in [0.4, 0.5) is 10.2 Å². The number of anilines is 1. The van der Waals surface area contributed by atoms with Gasteiger partial charge in [-0.25, -0.2) is 9.37 Å². The third-order valence-electron chi connectivity index (χ3n) is 0.824. The third kappa shape index (κ3) is 1.78. The Labute approximate surface area is 66.0 Å². The minimum Gasteiger partial charge on any atom is -0.313 e. The summed E-state index contributed by atoms with van der Waals surface area (Å²) >= 11 is 1.93. The molecule has 1 rings (SSSR count).